The van der Waals surface area contributed by atoms with E-state index < -0.39 is 150 Å². The molecule has 0 heterocycles. The minimum atomic E-state index is -1.53. The number of carboxylic acids is 12. The van der Waals surface area contributed by atoms with Gasteiger partial charge in [0.1, 0.15) is 0 Å². The third-order valence-corrected chi connectivity index (χ3v) is 6.43. The molecule has 64 heavy (non-hydrogen) atoms. The van der Waals surface area contributed by atoms with Crippen molar-refractivity contribution < 1.29 is 268 Å². The van der Waals surface area contributed by atoms with E-state index in [2.05, 4.69) is 0 Å². The van der Waals surface area contributed by atoms with Crippen LogP contribution in [-0.4, -0.2) is 219 Å². The Morgan fingerprint density at radius 1 is 0.188 bits per heavy atom. The van der Waals surface area contributed by atoms with Gasteiger partial charge in [0.2, 0.25) is 0 Å². The van der Waals surface area contributed by atoms with Gasteiger partial charge in [0.25, 0.3) is 0 Å². The maximum Gasteiger partial charge on any atom is 3.00 e. The van der Waals surface area contributed by atoms with Gasteiger partial charge in [-0.3, -0.25) is 29.4 Å². The van der Waals surface area contributed by atoms with Crippen LogP contribution in [0.1, 0.15) is 0 Å². The Morgan fingerprint density at radius 2 is 0.250 bits per heavy atom. The molecule has 0 fully saturated rings. The topological polar surface area (TPSA) is 501 Å². The summed E-state index contributed by atoms with van der Waals surface area (Å²) in [7, 11) is 0. The Morgan fingerprint density at radius 3 is 0.297 bits per heavy atom. The minimum Gasteiger partial charge on any atom is -0.549 e. The molecular weight excluding hydrogens is 1500 g/mol. The summed E-state index contributed by atoms with van der Waals surface area (Å²) in [5.41, 5.74) is 0. The van der Waals surface area contributed by atoms with E-state index in [1.54, 1.807) is 0 Å². The van der Waals surface area contributed by atoms with E-state index in [4.69, 9.17) is 0 Å². The fourth-order valence-electron chi connectivity index (χ4n) is 4.32. The number of carboxylic acid groups (broad SMARTS) is 12. The van der Waals surface area contributed by atoms with Crippen molar-refractivity contribution in [3.05, 3.63) is 0 Å². The SMILES string of the molecule is O=C([O-])CN(CCN(CC(=O)[O-])CC(=O)[O-])CC(=O)[O-].O=C([O-])CN(CCN(CC(=O)[O-])CC(=O)[O-])CC(=O)[O-].O=C([O-])CN(CCN(CC(=O)[O-])CC(=O)[O-])CC(=O)[O-].[Er+3].[Er+3].[Er+3].[Er+3]. The Kier molecular flexibility index (Phi) is 54.1. The summed E-state index contributed by atoms with van der Waals surface area (Å²) < 4.78 is 0. The predicted molar refractivity (Wildman–Crippen MR) is 159 cm³/mol. The molecule has 0 rings (SSSR count). The van der Waals surface area contributed by atoms with E-state index in [-0.39, 0.29) is 188 Å². The molecule has 0 aromatic carbocycles. The van der Waals surface area contributed by atoms with Gasteiger partial charge in [-0.25, -0.2) is 0 Å². The molecular formula is C30H36Er4N6O24. The average Bonchev–Trinajstić information content (AvgIpc) is 3.02. The number of aliphatic carboxylic acids is 12. The van der Waals surface area contributed by atoms with Crippen molar-refractivity contribution in [3.63, 3.8) is 0 Å². The molecule has 378 valence electrons. The van der Waals surface area contributed by atoms with Crippen LogP contribution >= 0.6 is 0 Å². The van der Waals surface area contributed by atoms with E-state index in [0.717, 1.165) is 29.4 Å². The third-order valence-electron chi connectivity index (χ3n) is 6.43. The van der Waals surface area contributed by atoms with E-state index in [1.807, 2.05) is 0 Å². The van der Waals surface area contributed by atoms with Gasteiger partial charge in [-0.15, -0.1) is 0 Å². The number of carbonyl (C=O) groups is 12. The van der Waals surface area contributed by atoms with Crippen molar-refractivity contribution in [1.29, 1.82) is 0 Å². The smallest absolute Gasteiger partial charge is 0.549 e. The van der Waals surface area contributed by atoms with Crippen LogP contribution in [0.3, 0.4) is 0 Å². The zero-order chi connectivity index (χ0) is 47.1. The van der Waals surface area contributed by atoms with Crippen LogP contribution in [0.5, 0.6) is 0 Å². The van der Waals surface area contributed by atoms with E-state index >= 15 is 0 Å². The van der Waals surface area contributed by atoms with Crippen LogP contribution in [0.15, 0.2) is 0 Å². The summed E-state index contributed by atoms with van der Waals surface area (Å²) in [4.78, 5) is 130. The van der Waals surface area contributed by atoms with Crippen molar-refractivity contribution in [3.8, 4) is 0 Å². The van der Waals surface area contributed by atoms with E-state index in [0.29, 0.717) is 0 Å². The summed E-state index contributed by atoms with van der Waals surface area (Å²) in [5, 5.41) is 125. The first-order chi connectivity index (χ1) is 27.6. The zero-order valence-electron chi connectivity index (χ0n) is 32.4. The monoisotopic (exact) mass is 1530 g/mol. The summed E-state index contributed by atoms with van der Waals surface area (Å²) in [5.74, 6) is -18.4. The number of hydrogen-bond acceptors (Lipinski definition) is 30. The van der Waals surface area contributed by atoms with Crippen LogP contribution in [0.25, 0.3) is 0 Å². The van der Waals surface area contributed by atoms with Gasteiger partial charge in [-0.1, -0.05) is 0 Å². The van der Waals surface area contributed by atoms with Gasteiger partial charge in [0.15, 0.2) is 0 Å². The van der Waals surface area contributed by atoms with Gasteiger partial charge in [-0.05, 0) is 0 Å². The summed E-state index contributed by atoms with van der Waals surface area (Å²) >= 11 is 0. The van der Waals surface area contributed by atoms with Gasteiger partial charge in [-0.2, -0.15) is 0 Å². The molecule has 34 heteroatoms. The minimum absolute atomic E-state index is 0. The van der Waals surface area contributed by atoms with Gasteiger partial charge in [0.05, 0.1) is 71.6 Å². The molecule has 0 saturated heterocycles. The van der Waals surface area contributed by atoms with Crippen molar-refractivity contribution in [2.45, 2.75) is 0 Å². The standard InChI is InChI=1S/3C10H16N2O8.4Er/c3*13-7(14)3-11(4-8(15)16)1-2-12(5-9(17)18)6-10(19)20;;;;/h3*1-6H2,(H,13,14)(H,15,16)(H,17,18)(H,19,20);;;;/q;;;4*+3/p-12. The number of rotatable bonds is 33. The van der Waals surface area contributed by atoms with Gasteiger partial charge < -0.3 is 119 Å². The first kappa shape index (κ1) is 76.6. The third kappa shape index (κ3) is 56.5. The van der Waals surface area contributed by atoms with Crippen LogP contribution in [0.4, 0.5) is 0 Å². The second kappa shape index (κ2) is 45.2. The maximum atomic E-state index is 10.4. The van der Waals surface area contributed by atoms with Gasteiger partial charge >= 0.3 is 149 Å². The second-order valence-corrected chi connectivity index (χ2v) is 11.7. The molecule has 0 saturated carbocycles. The molecule has 0 aromatic heterocycles. The Balaban J connectivity index is -0.000000148. The Labute approximate surface area is 480 Å². The molecule has 0 aromatic rings. The van der Waals surface area contributed by atoms with Crippen LogP contribution < -0.4 is 61.3 Å². The fraction of sp³-hybridized carbons (Fsp3) is 0.600. The number of nitrogens with zero attached hydrogens (tertiary/aromatic N) is 6. The first-order valence-electron chi connectivity index (χ1n) is 16.3. The summed E-state index contributed by atoms with van der Waals surface area (Å²) in [6.45, 7) is -9.75. The van der Waals surface area contributed by atoms with E-state index in [1.165, 1.54) is 0 Å². The van der Waals surface area contributed by atoms with Gasteiger partial charge in [0, 0.05) is 118 Å². The molecule has 0 unspecified atom stereocenters. The van der Waals surface area contributed by atoms with Crippen LogP contribution in [0, 0.1) is 149 Å². The average molecular weight is 1530 g/mol. The van der Waals surface area contributed by atoms with Crippen molar-refractivity contribution in [2.24, 2.45) is 0 Å². The molecule has 0 N–H and O–H groups in total. The fourth-order valence-corrected chi connectivity index (χ4v) is 4.32. The van der Waals surface area contributed by atoms with Crippen molar-refractivity contribution >= 4 is 71.6 Å². The molecule has 4 radical (unpaired) electrons. The maximum absolute atomic E-state index is 10.4. The normalized spacial score (nSPS) is 10.0. The molecule has 0 atom stereocenters. The molecule has 0 spiro atoms. The molecule has 0 aliphatic heterocycles. The first-order valence-corrected chi connectivity index (χ1v) is 16.3. The summed E-state index contributed by atoms with van der Waals surface area (Å²) in [6.07, 6.45) is 0. The molecule has 0 aliphatic carbocycles. The van der Waals surface area contributed by atoms with E-state index in [9.17, 15) is 119 Å². The molecule has 0 bridgehead atoms. The number of carbonyl (C=O) groups excluding carboxylic acids is 12. The summed E-state index contributed by atoms with van der Waals surface area (Å²) in [6, 6.07) is 0. The largest absolute Gasteiger partial charge is 3.00 e. The molecule has 0 aliphatic rings. The molecule has 0 amide bonds. The predicted octanol–water partition coefficient (Wildman–Crippen LogP) is -22.2. The zero-order valence-corrected chi connectivity index (χ0v) is 39.8. The number of hydrogen-bond donors (Lipinski definition) is 0. The quantitative estimate of drug-likeness (QED) is 0.0589. The van der Waals surface area contributed by atoms with Crippen LogP contribution in [-0.2, 0) is 57.5 Å². The van der Waals surface area contributed by atoms with Crippen LogP contribution in [0.2, 0.25) is 0 Å². The Hall–Kier alpha value is -1.61. The Bertz CT molecular complexity index is 1140. The second-order valence-electron chi connectivity index (χ2n) is 11.7. The van der Waals surface area contributed by atoms with Crippen molar-refractivity contribution in [2.75, 3.05) is 118 Å². The molecule has 30 nitrogen and oxygen atoms in total. The van der Waals surface area contributed by atoms with Crippen molar-refractivity contribution in [1.82, 2.24) is 29.4 Å².